The third-order valence-corrected chi connectivity index (χ3v) is 7.29. The van der Waals surface area contributed by atoms with Crippen molar-refractivity contribution in [3.05, 3.63) is 28.2 Å². The van der Waals surface area contributed by atoms with E-state index in [1.54, 1.807) is 17.8 Å². The van der Waals surface area contributed by atoms with E-state index in [2.05, 4.69) is 18.7 Å². The van der Waals surface area contributed by atoms with Crippen molar-refractivity contribution in [2.45, 2.75) is 62.1 Å². The number of hydrogen-bond acceptors (Lipinski definition) is 2. The van der Waals surface area contributed by atoms with Crippen molar-refractivity contribution in [2.75, 3.05) is 6.54 Å². The van der Waals surface area contributed by atoms with E-state index < -0.39 is 0 Å². The molecule has 5 heteroatoms. The van der Waals surface area contributed by atoms with Crippen molar-refractivity contribution >= 4 is 40.9 Å². The SMILES string of the molecule is CC1(C)CN(C2CCCCC2)C(=O)C1Sc1ccc(Cl)cc1Cl. The molecule has 126 valence electrons. The Kier molecular flexibility index (Phi) is 5.20. The highest BCUT2D eigenvalue weighted by Gasteiger charge is 2.48. The van der Waals surface area contributed by atoms with Gasteiger partial charge in [-0.25, -0.2) is 0 Å². The Balaban J connectivity index is 1.79. The number of amides is 1. The number of halogens is 2. The van der Waals surface area contributed by atoms with Gasteiger partial charge < -0.3 is 4.90 Å². The Labute approximate surface area is 152 Å². The predicted molar refractivity (Wildman–Crippen MR) is 98.5 cm³/mol. The fourth-order valence-corrected chi connectivity index (χ4v) is 5.44. The highest BCUT2D eigenvalue weighted by molar-refractivity contribution is 8.00. The highest BCUT2D eigenvalue weighted by Crippen LogP contribution is 2.45. The van der Waals surface area contributed by atoms with Gasteiger partial charge in [-0.15, -0.1) is 11.8 Å². The first-order chi connectivity index (χ1) is 10.9. The number of carbonyl (C=O) groups is 1. The third kappa shape index (κ3) is 3.67. The normalized spacial score (nSPS) is 25.1. The van der Waals surface area contributed by atoms with E-state index in [1.807, 2.05) is 12.1 Å². The van der Waals surface area contributed by atoms with E-state index in [9.17, 15) is 4.79 Å². The number of nitrogens with zero attached hydrogens (tertiary/aromatic N) is 1. The molecule has 1 aliphatic heterocycles. The second kappa shape index (κ2) is 6.85. The Hall–Kier alpha value is -0.380. The zero-order valence-electron chi connectivity index (χ0n) is 13.6. The van der Waals surface area contributed by atoms with E-state index in [0.29, 0.717) is 16.1 Å². The molecule has 1 amide bonds. The van der Waals surface area contributed by atoms with Gasteiger partial charge in [-0.05, 0) is 31.0 Å². The van der Waals surface area contributed by atoms with Crippen molar-refractivity contribution in [3.63, 3.8) is 0 Å². The summed E-state index contributed by atoms with van der Waals surface area (Å²) in [5.41, 5.74) is -0.0534. The molecule has 0 radical (unpaired) electrons. The van der Waals surface area contributed by atoms with Gasteiger partial charge in [0, 0.05) is 27.9 Å². The molecule has 1 unspecified atom stereocenters. The topological polar surface area (TPSA) is 20.3 Å². The number of likely N-dealkylation sites (tertiary alicyclic amines) is 1. The maximum absolute atomic E-state index is 13.0. The molecule has 0 N–H and O–H groups in total. The predicted octanol–water partition coefficient (Wildman–Crippen LogP) is 5.66. The monoisotopic (exact) mass is 371 g/mol. The average molecular weight is 372 g/mol. The molecule has 0 aromatic heterocycles. The molecule has 1 atom stereocenters. The molecule has 3 rings (SSSR count). The average Bonchev–Trinajstić information content (AvgIpc) is 2.74. The number of hydrogen-bond donors (Lipinski definition) is 0. The molecule has 1 heterocycles. The molecule has 2 nitrogen and oxygen atoms in total. The highest BCUT2D eigenvalue weighted by atomic mass is 35.5. The summed E-state index contributed by atoms with van der Waals surface area (Å²) in [5.74, 6) is 0.276. The summed E-state index contributed by atoms with van der Waals surface area (Å²) in [6.07, 6.45) is 6.10. The molecule has 1 saturated heterocycles. The van der Waals surface area contributed by atoms with Crippen LogP contribution in [0, 0.1) is 5.41 Å². The second-order valence-corrected chi connectivity index (χ2v) is 9.31. The van der Waals surface area contributed by atoms with Crippen LogP contribution in [0.5, 0.6) is 0 Å². The Morgan fingerprint density at radius 2 is 1.87 bits per heavy atom. The Morgan fingerprint density at radius 3 is 2.52 bits per heavy atom. The number of rotatable bonds is 3. The number of benzene rings is 1. The molecule has 2 aliphatic rings. The first kappa shape index (κ1) is 17.4. The molecule has 23 heavy (non-hydrogen) atoms. The maximum Gasteiger partial charge on any atom is 0.236 e. The first-order valence-electron chi connectivity index (χ1n) is 8.31. The van der Waals surface area contributed by atoms with Gasteiger partial charge in [0.15, 0.2) is 0 Å². The van der Waals surface area contributed by atoms with Crippen LogP contribution in [0.3, 0.4) is 0 Å². The molecular weight excluding hydrogens is 349 g/mol. The minimum Gasteiger partial charge on any atom is -0.338 e. The number of thioether (sulfide) groups is 1. The van der Waals surface area contributed by atoms with Gasteiger partial charge in [0.2, 0.25) is 5.91 Å². The zero-order valence-corrected chi connectivity index (χ0v) is 16.0. The first-order valence-corrected chi connectivity index (χ1v) is 9.94. The van der Waals surface area contributed by atoms with Crippen LogP contribution in [0.15, 0.2) is 23.1 Å². The van der Waals surface area contributed by atoms with Gasteiger partial charge in [0.25, 0.3) is 0 Å². The molecule has 0 spiro atoms. The minimum absolute atomic E-state index is 0.0534. The van der Waals surface area contributed by atoms with Gasteiger partial charge in [-0.2, -0.15) is 0 Å². The Bertz CT molecular complexity index is 599. The van der Waals surface area contributed by atoms with Gasteiger partial charge in [0.05, 0.1) is 10.3 Å². The summed E-state index contributed by atoms with van der Waals surface area (Å²) in [6, 6.07) is 5.93. The zero-order chi connectivity index (χ0) is 16.6. The van der Waals surface area contributed by atoms with Crippen molar-refractivity contribution in [1.82, 2.24) is 4.90 Å². The standard InChI is InChI=1S/C18H23Cl2NOS/c1-18(2)11-21(13-6-4-3-5-7-13)17(22)16(18)23-15-9-8-12(19)10-14(15)20/h8-10,13,16H,3-7,11H2,1-2H3. The van der Waals surface area contributed by atoms with Crippen LogP contribution in [0.25, 0.3) is 0 Å². The van der Waals surface area contributed by atoms with Gasteiger partial charge in [0.1, 0.15) is 0 Å². The van der Waals surface area contributed by atoms with Crippen molar-refractivity contribution in [1.29, 1.82) is 0 Å². The van der Waals surface area contributed by atoms with Crippen LogP contribution >= 0.6 is 35.0 Å². The summed E-state index contributed by atoms with van der Waals surface area (Å²) in [7, 11) is 0. The van der Waals surface area contributed by atoms with Crippen molar-refractivity contribution in [3.8, 4) is 0 Å². The quantitative estimate of drug-likeness (QED) is 0.683. The van der Waals surface area contributed by atoms with Crippen molar-refractivity contribution in [2.24, 2.45) is 5.41 Å². The lowest BCUT2D eigenvalue weighted by Gasteiger charge is -2.32. The minimum atomic E-state index is -0.0805. The Morgan fingerprint density at radius 1 is 1.17 bits per heavy atom. The van der Waals surface area contributed by atoms with Crippen LogP contribution < -0.4 is 0 Å². The molecule has 1 aromatic rings. The van der Waals surface area contributed by atoms with Gasteiger partial charge >= 0.3 is 0 Å². The smallest absolute Gasteiger partial charge is 0.236 e. The second-order valence-electron chi connectivity index (χ2n) is 7.32. The van der Waals surface area contributed by atoms with E-state index >= 15 is 0 Å². The summed E-state index contributed by atoms with van der Waals surface area (Å²) < 4.78 is 0. The van der Waals surface area contributed by atoms with Crippen LogP contribution in [-0.4, -0.2) is 28.6 Å². The van der Waals surface area contributed by atoms with E-state index in [4.69, 9.17) is 23.2 Å². The van der Waals surface area contributed by atoms with Crippen LogP contribution in [0.2, 0.25) is 10.0 Å². The summed E-state index contributed by atoms with van der Waals surface area (Å²) in [5, 5.41) is 1.17. The third-order valence-electron chi connectivity index (χ3n) is 4.95. The summed E-state index contributed by atoms with van der Waals surface area (Å²) in [4.78, 5) is 16.1. The van der Waals surface area contributed by atoms with E-state index in [0.717, 1.165) is 24.3 Å². The van der Waals surface area contributed by atoms with E-state index in [-0.39, 0.29) is 16.6 Å². The molecule has 1 saturated carbocycles. The van der Waals surface area contributed by atoms with Gasteiger partial charge in [-0.1, -0.05) is 56.3 Å². The summed E-state index contributed by atoms with van der Waals surface area (Å²) in [6.45, 7) is 5.23. The van der Waals surface area contributed by atoms with Crippen LogP contribution in [0.4, 0.5) is 0 Å². The van der Waals surface area contributed by atoms with E-state index in [1.165, 1.54) is 19.3 Å². The lowest BCUT2D eigenvalue weighted by Crippen LogP contribution is -2.39. The van der Waals surface area contributed by atoms with Crippen LogP contribution in [0.1, 0.15) is 46.0 Å². The van der Waals surface area contributed by atoms with Crippen molar-refractivity contribution < 1.29 is 4.79 Å². The molecule has 2 fully saturated rings. The lowest BCUT2D eigenvalue weighted by atomic mass is 9.91. The van der Waals surface area contributed by atoms with Crippen LogP contribution in [-0.2, 0) is 4.79 Å². The molecule has 1 aliphatic carbocycles. The molecule has 0 bridgehead atoms. The molecular formula is C18H23Cl2NOS. The maximum atomic E-state index is 13.0. The fraction of sp³-hybridized carbons (Fsp3) is 0.611. The molecule has 1 aromatic carbocycles. The summed E-state index contributed by atoms with van der Waals surface area (Å²) >= 11 is 13.9. The lowest BCUT2D eigenvalue weighted by molar-refractivity contribution is -0.129. The largest absolute Gasteiger partial charge is 0.338 e. The van der Waals surface area contributed by atoms with Gasteiger partial charge in [-0.3, -0.25) is 4.79 Å². The number of carbonyl (C=O) groups excluding carboxylic acids is 1. The fourth-order valence-electron chi connectivity index (χ4n) is 3.69.